The van der Waals surface area contributed by atoms with Crippen LogP contribution in [0.5, 0.6) is 0 Å². The maximum Gasteiger partial charge on any atom is 0.225 e. The Morgan fingerprint density at radius 2 is 2.06 bits per heavy atom. The van der Waals surface area contributed by atoms with E-state index < -0.39 is 0 Å². The summed E-state index contributed by atoms with van der Waals surface area (Å²) < 4.78 is 1.94. The summed E-state index contributed by atoms with van der Waals surface area (Å²) in [6, 6.07) is 11.9. The predicted octanol–water partition coefficient (Wildman–Crippen LogP) is 2.98. The first-order valence-electron chi connectivity index (χ1n) is 9.92. The molecule has 0 saturated carbocycles. The van der Waals surface area contributed by atoms with Crippen LogP contribution in [-0.2, 0) is 11.3 Å². The van der Waals surface area contributed by atoms with Crippen molar-refractivity contribution in [2.75, 3.05) is 18.9 Å². The van der Waals surface area contributed by atoms with E-state index in [0.717, 1.165) is 28.5 Å². The van der Waals surface area contributed by atoms with Gasteiger partial charge in [-0.05, 0) is 30.2 Å². The Morgan fingerprint density at radius 3 is 2.77 bits per heavy atom. The molecule has 0 radical (unpaired) electrons. The fourth-order valence-electron chi connectivity index (χ4n) is 3.59. The highest BCUT2D eigenvalue weighted by atomic mass is 127. The molecule has 0 aliphatic carbocycles. The van der Waals surface area contributed by atoms with E-state index in [2.05, 4.69) is 37.0 Å². The lowest BCUT2D eigenvalue weighted by atomic mass is 9.90. The number of anilines is 1. The van der Waals surface area contributed by atoms with Gasteiger partial charge in [0.2, 0.25) is 5.91 Å². The molecule has 3 N–H and O–H groups in total. The number of imidazole rings is 1. The molecule has 8 nitrogen and oxygen atoms in total. The standard InChI is InChI=1S/C22H25N7O.HI/c1-15-24-9-10-29(15)20-8-7-16(12-25-20)13-26-22(23-2)27-14-17-11-21(30)28-19-6-4-3-5-18(17)19;/h3-10,12,17H,11,13-14H2,1-2H3,(H,28,30)(H2,23,26,27);1H. The lowest BCUT2D eigenvalue weighted by Gasteiger charge is -2.26. The molecule has 2 aromatic heterocycles. The SMILES string of the molecule is CN=C(NCc1ccc(-n2ccnc2C)nc1)NCC1CC(=O)Nc2ccccc21.I. The highest BCUT2D eigenvalue weighted by molar-refractivity contribution is 14.0. The van der Waals surface area contributed by atoms with Gasteiger partial charge in [-0.25, -0.2) is 9.97 Å². The first-order valence-corrected chi connectivity index (χ1v) is 9.92. The van der Waals surface area contributed by atoms with E-state index in [-0.39, 0.29) is 35.8 Å². The quantitative estimate of drug-likeness (QED) is 0.267. The molecule has 0 bridgehead atoms. The molecule has 1 aromatic carbocycles. The van der Waals surface area contributed by atoms with Gasteiger partial charge >= 0.3 is 0 Å². The van der Waals surface area contributed by atoms with Crippen molar-refractivity contribution < 1.29 is 4.79 Å². The van der Waals surface area contributed by atoms with Crippen LogP contribution in [0.1, 0.15) is 29.3 Å². The third kappa shape index (κ3) is 5.40. The van der Waals surface area contributed by atoms with Gasteiger partial charge in [0.15, 0.2) is 5.96 Å². The van der Waals surface area contributed by atoms with E-state index in [0.29, 0.717) is 25.5 Å². The van der Waals surface area contributed by atoms with Crippen LogP contribution in [0.15, 0.2) is 60.0 Å². The fourth-order valence-corrected chi connectivity index (χ4v) is 3.59. The summed E-state index contributed by atoms with van der Waals surface area (Å²) in [5, 5.41) is 9.57. The Hall–Kier alpha value is -2.95. The molecule has 9 heteroatoms. The molecule has 162 valence electrons. The highest BCUT2D eigenvalue weighted by Crippen LogP contribution is 2.31. The summed E-state index contributed by atoms with van der Waals surface area (Å²) in [5.74, 6) is 2.57. The first kappa shape index (κ1) is 22.7. The van der Waals surface area contributed by atoms with Gasteiger partial charge in [-0.3, -0.25) is 14.4 Å². The van der Waals surface area contributed by atoms with Crippen LogP contribution in [0.3, 0.4) is 0 Å². The number of aromatic nitrogens is 3. The van der Waals surface area contributed by atoms with Gasteiger partial charge in [-0.2, -0.15) is 0 Å². The van der Waals surface area contributed by atoms with Crippen LogP contribution >= 0.6 is 24.0 Å². The Bertz CT molecular complexity index is 1060. The van der Waals surface area contributed by atoms with Gasteiger partial charge in [0, 0.05) is 56.8 Å². The van der Waals surface area contributed by atoms with Crippen molar-refractivity contribution in [3.05, 3.63) is 71.9 Å². The number of nitrogens with zero attached hydrogens (tertiary/aromatic N) is 4. The molecule has 0 spiro atoms. The van der Waals surface area contributed by atoms with Gasteiger partial charge in [-0.15, -0.1) is 24.0 Å². The van der Waals surface area contributed by atoms with E-state index >= 15 is 0 Å². The van der Waals surface area contributed by atoms with Crippen LogP contribution in [0.2, 0.25) is 0 Å². The van der Waals surface area contributed by atoms with Crippen molar-refractivity contribution in [2.45, 2.75) is 25.8 Å². The van der Waals surface area contributed by atoms with E-state index in [1.807, 2.05) is 54.2 Å². The fraction of sp³-hybridized carbons (Fsp3) is 0.273. The number of rotatable bonds is 5. The van der Waals surface area contributed by atoms with Gasteiger partial charge in [0.1, 0.15) is 11.6 Å². The van der Waals surface area contributed by atoms with Crippen molar-refractivity contribution in [1.29, 1.82) is 0 Å². The molecule has 0 saturated heterocycles. The molecule has 3 heterocycles. The number of hydrogen-bond donors (Lipinski definition) is 3. The second-order valence-electron chi connectivity index (χ2n) is 7.21. The van der Waals surface area contributed by atoms with Crippen LogP contribution < -0.4 is 16.0 Å². The zero-order valence-corrected chi connectivity index (χ0v) is 19.8. The second-order valence-corrected chi connectivity index (χ2v) is 7.21. The number of nitrogens with one attached hydrogen (secondary N) is 3. The van der Waals surface area contributed by atoms with Crippen molar-refractivity contribution in [1.82, 2.24) is 25.2 Å². The highest BCUT2D eigenvalue weighted by Gasteiger charge is 2.24. The number of amides is 1. The third-order valence-electron chi connectivity index (χ3n) is 5.19. The number of aliphatic imine (C=N–C) groups is 1. The molecule has 1 atom stereocenters. The Kier molecular flexibility index (Phi) is 7.61. The van der Waals surface area contributed by atoms with Crippen molar-refractivity contribution in [2.24, 2.45) is 4.99 Å². The Morgan fingerprint density at radius 1 is 1.23 bits per heavy atom. The summed E-state index contributed by atoms with van der Waals surface area (Å²) in [6.45, 7) is 3.17. The summed E-state index contributed by atoms with van der Waals surface area (Å²) in [5.41, 5.74) is 3.08. The molecule has 3 aromatic rings. The average molecular weight is 531 g/mol. The van der Waals surface area contributed by atoms with Gasteiger partial charge in [0.25, 0.3) is 0 Å². The number of aryl methyl sites for hydroxylation is 1. The van der Waals surface area contributed by atoms with E-state index in [9.17, 15) is 4.79 Å². The topological polar surface area (TPSA) is 96.2 Å². The minimum atomic E-state index is 0. The predicted molar refractivity (Wildman–Crippen MR) is 132 cm³/mol. The number of fused-ring (bicyclic) bond motifs is 1. The van der Waals surface area contributed by atoms with Gasteiger partial charge in [-0.1, -0.05) is 24.3 Å². The summed E-state index contributed by atoms with van der Waals surface area (Å²) >= 11 is 0. The molecular weight excluding hydrogens is 505 g/mol. The van der Waals surface area contributed by atoms with Crippen LogP contribution in [0, 0.1) is 6.92 Å². The third-order valence-corrected chi connectivity index (χ3v) is 5.19. The largest absolute Gasteiger partial charge is 0.356 e. The minimum Gasteiger partial charge on any atom is -0.356 e. The molecule has 0 fully saturated rings. The van der Waals surface area contributed by atoms with Crippen molar-refractivity contribution in [3.8, 4) is 5.82 Å². The lowest BCUT2D eigenvalue weighted by molar-refractivity contribution is -0.116. The average Bonchev–Trinajstić information content (AvgIpc) is 3.20. The number of hydrogen-bond acceptors (Lipinski definition) is 4. The number of carbonyl (C=O) groups excluding carboxylic acids is 1. The normalized spacial score (nSPS) is 15.5. The molecule has 1 unspecified atom stereocenters. The Labute approximate surface area is 198 Å². The number of benzene rings is 1. The van der Waals surface area contributed by atoms with Gasteiger partial charge in [0.05, 0.1) is 0 Å². The number of carbonyl (C=O) groups is 1. The number of para-hydroxylation sites is 1. The van der Waals surface area contributed by atoms with Crippen LogP contribution in [0.4, 0.5) is 5.69 Å². The smallest absolute Gasteiger partial charge is 0.225 e. The molecule has 1 aliphatic heterocycles. The van der Waals surface area contributed by atoms with Crippen molar-refractivity contribution in [3.63, 3.8) is 0 Å². The first-order chi connectivity index (χ1) is 14.6. The molecule has 4 rings (SSSR count). The molecule has 1 aliphatic rings. The monoisotopic (exact) mass is 531 g/mol. The lowest BCUT2D eigenvalue weighted by Crippen LogP contribution is -2.40. The minimum absolute atomic E-state index is 0. The van der Waals surface area contributed by atoms with Crippen molar-refractivity contribution >= 4 is 41.5 Å². The molecular formula is C22H26IN7O. The maximum atomic E-state index is 12.0. The van der Waals surface area contributed by atoms with Crippen LogP contribution in [-0.4, -0.2) is 40.0 Å². The van der Waals surface area contributed by atoms with Crippen LogP contribution in [0.25, 0.3) is 5.82 Å². The summed E-state index contributed by atoms with van der Waals surface area (Å²) in [6.07, 6.45) is 5.96. The Balaban J connectivity index is 0.00000272. The second kappa shape index (κ2) is 10.4. The number of pyridine rings is 1. The summed E-state index contributed by atoms with van der Waals surface area (Å²) in [7, 11) is 1.74. The van der Waals surface area contributed by atoms with Gasteiger partial charge < -0.3 is 16.0 Å². The molecule has 31 heavy (non-hydrogen) atoms. The molecule has 1 amide bonds. The van der Waals surface area contributed by atoms with E-state index in [1.54, 1.807) is 13.2 Å². The summed E-state index contributed by atoms with van der Waals surface area (Å²) in [4.78, 5) is 25.0. The number of halogens is 1. The van der Waals surface area contributed by atoms with E-state index in [1.165, 1.54) is 0 Å². The zero-order valence-electron chi connectivity index (χ0n) is 17.5. The number of guanidine groups is 1. The maximum absolute atomic E-state index is 12.0. The van der Waals surface area contributed by atoms with E-state index in [4.69, 9.17) is 0 Å². The zero-order chi connectivity index (χ0) is 20.9.